The van der Waals surface area contributed by atoms with Gasteiger partial charge in [0.2, 0.25) is 0 Å². The van der Waals surface area contributed by atoms with Crippen LogP contribution in [0.25, 0.3) is 0 Å². The number of carbonyl (C=O) groups is 1. The van der Waals surface area contributed by atoms with Crippen LogP contribution in [0.4, 0.5) is 5.69 Å². The van der Waals surface area contributed by atoms with E-state index in [-0.39, 0.29) is 10.8 Å². The zero-order valence-electron chi connectivity index (χ0n) is 16.5. The summed E-state index contributed by atoms with van der Waals surface area (Å²) in [5.41, 5.74) is 2.96. The Bertz CT molecular complexity index is 884. The molecule has 1 amide bonds. The van der Waals surface area contributed by atoms with Gasteiger partial charge in [0.1, 0.15) is 0 Å². The zero-order valence-corrected chi connectivity index (χ0v) is 17.3. The number of carbonyl (C=O) groups excluding carboxylic acids is 1. The topological polar surface area (TPSA) is 66.5 Å². The van der Waals surface area contributed by atoms with E-state index in [4.69, 9.17) is 0 Å². The van der Waals surface area contributed by atoms with Gasteiger partial charge >= 0.3 is 0 Å². The van der Waals surface area contributed by atoms with Gasteiger partial charge in [0.05, 0.1) is 4.90 Å². The Morgan fingerprint density at radius 3 is 2.04 bits per heavy atom. The van der Waals surface area contributed by atoms with Gasteiger partial charge < -0.3 is 4.90 Å². The summed E-state index contributed by atoms with van der Waals surface area (Å²) >= 11 is 0. The Balaban J connectivity index is 2.17. The van der Waals surface area contributed by atoms with Crippen molar-refractivity contribution in [3.63, 3.8) is 0 Å². The minimum atomic E-state index is -3.66. The Labute approximate surface area is 162 Å². The molecule has 0 aromatic heterocycles. The number of nitrogens with one attached hydrogen (secondary N) is 1. The van der Waals surface area contributed by atoms with Crippen LogP contribution in [0, 0.1) is 13.8 Å². The third-order valence-electron chi connectivity index (χ3n) is 4.45. The highest BCUT2D eigenvalue weighted by atomic mass is 32.2. The third kappa shape index (κ3) is 5.32. The van der Waals surface area contributed by atoms with Gasteiger partial charge in [-0.3, -0.25) is 9.52 Å². The average molecular weight is 389 g/mol. The van der Waals surface area contributed by atoms with E-state index in [1.165, 1.54) is 0 Å². The van der Waals surface area contributed by atoms with Crippen LogP contribution < -0.4 is 4.72 Å². The molecular formula is C21H28N2O3S. The molecule has 0 bridgehead atoms. The summed E-state index contributed by atoms with van der Waals surface area (Å²) in [6, 6.07) is 11.6. The summed E-state index contributed by atoms with van der Waals surface area (Å²) in [6.07, 6.45) is 1.80. The van der Waals surface area contributed by atoms with E-state index in [0.717, 1.165) is 24.0 Å². The van der Waals surface area contributed by atoms with Crippen LogP contribution in [-0.2, 0) is 10.0 Å². The lowest BCUT2D eigenvalue weighted by Gasteiger charge is -2.21. The number of benzene rings is 2. The molecule has 0 unspecified atom stereocenters. The van der Waals surface area contributed by atoms with Gasteiger partial charge in [-0.15, -0.1) is 0 Å². The summed E-state index contributed by atoms with van der Waals surface area (Å²) in [7, 11) is -3.66. The van der Waals surface area contributed by atoms with E-state index in [0.29, 0.717) is 24.3 Å². The Morgan fingerprint density at radius 1 is 0.926 bits per heavy atom. The van der Waals surface area contributed by atoms with E-state index in [1.807, 2.05) is 32.6 Å². The van der Waals surface area contributed by atoms with Crippen LogP contribution in [0.1, 0.15) is 48.2 Å². The fourth-order valence-electron chi connectivity index (χ4n) is 2.81. The van der Waals surface area contributed by atoms with Gasteiger partial charge in [0, 0.05) is 24.3 Å². The maximum Gasteiger partial charge on any atom is 0.261 e. The van der Waals surface area contributed by atoms with Gasteiger partial charge in [0.25, 0.3) is 15.9 Å². The van der Waals surface area contributed by atoms with Gasteiger partial charge in [0.15, 0.2) is 0 Å². The molecule has 5 nitrogen and oxygen atoms in total. The standard InChI is InChI=1S/C21H28N2O3S/c1-5-13-23(14-6-2)21(24)18-8-10-19(11-9-18)22-27(25,26)20-12-7-16(3)17(4)15-20/h7-12,15,22H,5-6,13-14H2,1-4H3. The molecule has 0 aliphatic heterocycles. The molecule has 2 aromatic rings. The first-order chi connectivity index (χ1) is 12.8. The molecule has 6 heteroatoms. The highest BCUT2D eigenvalue weighted by Gasteiger charge is 2.17. The van der Waals surface area contributed by atoms with Crippen molar-refractivity contribution in [2.24, 2.45) is 0 Å². The second-order valence-corrected chi connectivity index (χ2v) is 8.40. The predicted molar refractivity (Wildman–Crippen MR) is 110 cm³/mol. The number of anilines is 1. The largest absolute Gasteiger partial charge is 0.339 e. The van der Waals surface area contributed by atoms with Crippen molar-refractivity contribution >= 4 is 21.6 Å². The Kier molecular flexibility index (Phi) is 7.02. The smallest absolute Gasteiger partial charge is 0.261 e. The van der Waals surface area contributed by atoms with E-state index < -0.39 is 10.0 Å². The molecule has 0 spiro atoms. The molecule has 0 heterocycles. The number of rotatable bonds is 8. The monoisotopic (exact) mass is 388 g/mol. The molecule has 0 saturated carbocycles. The van der Waals surface area contributed by atoms with Crippen LogP contribution in [0.3, 0.4) is 0 Å². The van der Waals surface area contributed by atoms with Gasteiger partial charge in [-0.05, 0) is 74.2 Å². The molecule has 2 aromatic carbocycles. The third-order valence-corrected chi connectivity index (χ3v) is 5.83. The second kappa shape index (κ2) is 9.04. The summed E-state index contributed by atoms with van der Waals surface area (Å²) in [5.74, 6) is -0.0257. The molecule has 0 fully saturated rings. The summed E-state index contributed by atoms with van der Waals surface area (Å²) < 4.78 is 27.7. The summed E-state index contributed by atoms with van der Waals surface area (Å²) in [4.78, 5) is 14.7. The highest BCUT2D eigenvalue weighted by Crippen LogP contribution is 2.19. The van der Waals surface area contributed by atoms with Gasteiger partial charge in [-0.1, -0.05) is 19.9 Å². The second-order valence-electron chi connectivity index (χ2n) is 6.72. The van der Waals surface area contributed by atoms with E-state index >= 15 is 0 Å². The number of amides is 1. The molecule has 0 saturated heterocycles. The van der Waals surface area contributed by atoms with Crippen molar-refractivity contribution in [1.29, 1.82) is 0 Å². The maximum atomic E-state index is 12.6. The first-order valence-corrected chi connectivity index (χ1v) is 10.8. The van der Waals surface area contributed by atoms with Gasteiger partial charge in [-0.2, -0.15) is 0 Å². The van der Waals surface area contributed by atoms with E-state index in [9.17, 15) is 13.2 Å². The minimum Gasteiger partial charge on any atom is -0.339 e. The molecule has 0 atom stereocenters. The molecule has 0 radical (unpaired) electrons. The lowest BCUT2D eigenvalue weighted by molar-refractivity contribution is 0.0755. The van der Waals surface area contributed by atoms with Crippen LogP contribution in [0.15, 0.2) is 47.4 Å². The number of hydrogen-bond acceptors (Lipinski definition) is 3. The molecular weight excluding hydrogens is 360 g/mol. The first kappa shape index (κ1) is 21.0. The molecule has 146 valence electrons. The van der Waals surface area contributed by atoms with Gasteiger partial charge in [-0.25, -0.2) is 8.42 Å². The summed E-state index contributed by atoms with van der Waals surface area (Å²) in [5, 5.41) is 0. The highest BCUT2D eigenvalue weighted by molar-refractivity contribution is 7.92. The first-order valence-electron chi connectivity index (χ1n) is 9.28. The van der Waals surface area contributed by atoms with Crippen molar-refractivity contribution in [2.45, 2.75) is 45.4 Å². The fourth-order valence-corrected chi connectivity index (χ4v) is 3.96. The normalized spacial score (nSPS) is 11.3. The molecule has 0 aliphatic carbocycles. The fraction of sp³-hybridized carbons (Fsp3) is 0.381. The SMILES string of the molecule is CCCN(CCC)C(=O)c1ccc(NS(=O)(=O)c2ccc(C)c(C)c2)cc1. The van der Waals surface area contributed by atoms with Crippen molar-refractivity contribution < 1.29 is 13.2 Å². The zero-order chi connectivity index (χ0) is 20.0. The Hall–Kier alpha value is -2.34. The number of nitrogens with zero attached hydrogens (tertiary/aromatic N) is 1. The summed E-state index contributed by atoms with van der Waals surface area (Å²) in [6.45, 7) is 9.34. The van der Waals surface area contributed by atoms with Crippen LogP contribution in [0.5, 0.6) is 0 Å². The van der Waals surface area contributed by atoms with E-state index in [1.54, 1.807) is 42.5 Å². The molecule has 27 heavy (non-hydrogen) atoms. The maximum absolute atomic E-state index is 12.6. The molecule has 0 aliphatic rings. The van der Waals surface area contributed by atoms with Crippen LogP contribution in [0.2, 0.25) is 0 Å². The number of sulfonamides is 1. The van der Waals surface area contributed by atoms with Crippen molar-refractivity contribution in [2.75, 3.05) is 17.8 Å². The van der Waals surface area contributed by atoms with Crippen molar-refractivity contribution in [1.82, 2.24) is 4.90 Å². The molecule has 2 rings (SSSR count). The van der Waals surface area contributed by atoms with Crippen LogP contribution >= 0.6 is 0 Å². The average Bonchev–Trinajstić information content (AvgIpc) is 2.63. The van der Waals surface area contributed by atoms with Crippen molar-refractivity contribution in [3.05, 3.63) is 59.2 Å². The quantitative estimate of drug-likeness (QED) is 0.730. The lowest BCUT2D eigenvalue weighted by Crippen LogP contribution is -2.32. The molecule has 1 N–H and O–H groups in total. The number of hydrogen-bond donors (Lipinski definition) is 1. The minimum absolute atomic E-state index is 0.0257. The van der Waals surface area contributed by atoms with Crippen molar-refractivity contribution in [3.8, 4) is 0 Å². The predicted octanol–water partition coefficient (Wildman–Crippen LogP) is 4.37. The Morgan fingerprint density at radius 2 is 1.52 bits per heavy atom. The number of aryl methyl sites for hydroxylation is 2. The van der Waals surface area contributed by atoms with Crippen LogP contribution in [-0.4, -0.2) is 32.3 Å². The van der Waals surface area contributed by atoms with E-state index in [2.05, 4.69) is 4.72 Å². The lowest BCUT2D eigenvalue weighted by atomic mass is 10.1.